The molecule has 1 aromatic heterocycles. The van der Waals surface area contributed by atoms with E-state index in [1.54, 1.807) is 6.26 Å². The molecule has 1 aromatic carbocycles. The van der Waals surface area contributed by atoms with E-state index in [0.717, 1.165) is 96.7 Å². The van der Waals surface area contributed by atoms with Gasteiger partial charge in [-0.15, -0.1) is 24.0 Å². The number of rotatable bonds is 8. The van der Waals surface area contributed by atoms with Crippen LogP contribution in [0.25, 0.3) is 0 Å². The zero-order valence-corrected chi connectivity index (χ0v) is 21.2. The number of hydrogen-bond donors (Lipinski definition) is 1. The third-order valence-corrected chi connectivity index (χ3v) is 5.93. The standard InChI is InChI=1S/C24H35N5O2.HI/c1-2-6-22(7-3-1)28-13-15-29(16-14-28)24(26-11-9-23-8-4-19-31-23)25-10-5-12-27-17-20-30-21-18-27;/h1-4,6-8,19H,5,9-18,20-21H2,(H,25,26);1H. The summed E-state index contributed by atoms with van der Waals surface area (Å²) in [6.07, 6.45) is 3.68. The highest BCUT2D eigenvalue weighted by atomic mass is 127. The van der Waals surface area contributed by atoms with Crippen LogP contribution in [-0.4, -0.2) is 87.9 Å². The highest BCUT2D eigenvalue weighted by Crippen LogP contribution is 2.15. The molecule has 7 nitrogen and oxygen atoms in total. The fourth-order valence-corrected chi connectivity index (χ4v) is 4.14. The molecule has 0 atom stereocenters. The number of aliphatic imine (C=N–C) groups is 1. The Balaban J connectivity index is 0.00000289. The van der Waals surface area contributed by atoms with Crippen molar-refractivity contribution in [2.75, 3.05) is 77.0 Å². The SMILES string of the molecule is I.c1ccc(N2CCN(C(=NCCCN3CCOCC3)NCCc3ccco3)CC2)cc1. The zero-order valence-electron chi connectivity index (χ0n) is 18.8. The molecule has 0 bridgehead atoms. The maximum atomic E-state index is 5.47. The van der Waals surface area contributed by atoms with Gasteiger partial charge in [0.05, 0.1) is 19.5 Å². The summed E-state index contributed by atoms with van der Waals surface area (Å²) in [6.45, 7) is 10.5. The van der Waals surface area contributed by atoms with Gasteiger partial charge in [0.1, 0.15) is 5.76 Å². The number of ether oxygens (including phenoxy) is 1. The predicted molar refractivity (Wildman–Crippen MR) is 140 cm³/mol. The highest BCUT2D eigenvalue weighted by molar-refractivity contribution is 14.0. The molecular formula is C24H36IN5O2. The van der Waals surface area contributed by atoms with Crippen LogP contribution in [0.1, 0.15) is 12.2 Å². The molecule has 0 spiro atoms. The van der Waals surface area contributed by atoms with Crippen molar-refractivity contribution in [1.29, 1.82) is 0 Å². The van der Waals surface area contributed by atoms with E-state index in [0.29, 0.717) is 0 Å². The third-order valence-electron chi connectivity index (χ3n) is 5.93. The molecule has 3 heterocycles. The van der Waals surface area contributed by atoms with Gasteiger partial charge in [0.25, 0.3) is 0 Å². The van der Waals surface area contributed by atoms with Crippen LogP contribution in [0.15, 0.2) is 58.1 Å². The Morgan fingerprint density at radius 1 is 0.938 bits per heavy atom. The second-order valence-corrected chi connectivity index (χ2v) is 8.08. The van der Waals surface area contributed by atoms with E-state index in [-0.39, 0.29) is 24.0 Å². The third kappa shape index (κ3) is 7.67. The molecule has 176 valence electrons. The van der Waals surface area contributed by atoms with Crippen molar-refractivity contribution < 1.29 is 9.15 Å². The Hall–Kier alpha value is -1.78. The lowest BCUT2D eigenvalue weighted by Gasteiger charge is -2.37. The van der Waals surface area contributed by atoms with E-state index in [4.69, 9.17) is 14.1 Å². The Labute approximate surface area is 208 Å². The molecule has 0 amide bonds. The highest BCUT2D eigenvalue weighted by Gasteiger charge is 2.20. The minimum Gasteiger partial charge on any atom is -0.469 e. The van der Waals surface area contributed by atoms with Gasteiger partial charge < -0.3 is 24.3 Å². The maximum absolute atomic E-state index is 5.47. The summed E-state index contributed by atoms with van der Waals surface area (Å²) in [5.74, 6) is 2.04. The van der Waals surface area contributed by atoms with Crippen molar-refractivity contribution in [1.82, 2.24) is 15.1 Å². The lowest BCUT2D eigenvalue weighted by Crippen LogP contribution is -2.53. The van der Waals surface area contributed by atoms with Crippen LogP contribution in [0.4, 0.5) is 5.69 Å². The molecular weight excluding hydrogens is 517 g/mol. The van der Waals surface area contributed by atoms with E-state index >= 15 is 0 Å². The van der Waals surface area contributed by atoms with Crippen LogP contribution >= 0.6 is 24.0 Å². The van der Waals surface area contributed by atoms with Crippen molar-refractivity contribution >= 4 is 35.6 Å². The number of benzene rings is 1. The molecule has 0 radical (unpaired) electrons. The first-order chi connectivity index (χ1) is 15.4. The summed E-state index contributed by atoms with van der Waals surface area (Å²) >= 11 is 0. The number of hydrogen-bond acceptors (Lipinski definition) is 5. The normalized spacial score (nSPS) is 17.8. The molecule has 4 rings (SSSR count). The number of nitrogens with zero attached hydrogens (tertiary/aromatic N) is 4. The maximum Gasteiger partial charge on any atom is 0.194 e. The van der Waals surface area contributed by atoms with E-state index in [9.17, 15) is 0 Å². The number of furan rings is 1. The fourth-order valence-electron chi connectivity index (χ4n) is 4.14. The van der Waals surface area contributed by atoms with Gasteiger partial charge in [-0.3, -0.25) is 9.89 Å². The number of piperazine rings is 1. The first kappa shape index (κ1) is 24.9. The minimum atomic E-state index is 0. The second kappa shape index (κ2) is 13.7. The summed E-state index contributed by atoms with van der Waals surface area (Å²) in [5.41, 5.74) is 1.30. The molecule has 32 heavy (non-hydrogen) atoms. The lowest BCUT2D eigenvalue weighted by molar-refractivity contribution is 0.0377. The van der Waals surface area contributed by atoms with Gasteiger partial charge in [-0.1, -0.05) is 18.2 Å². The summed E-state index contributed by atoms with van der Waals surface area (Å²) in [5, 5.41) is 3.58. The molecule has 2 aromatic rings. The second-order valence-electron chi connectivity index (χ2n) is 8.08. The molecule has 2 aliphatic rings. The largest absolute Gasteiger partial charge is 0.469 e. The van der Waals surface area contributed by atoms with Gasteiger partial charge in [-0.2, -0.15) is 0 Å². The summed E-state index contributed by atoms with van der Waals surface area (Å²) in [4.78, 5) is 12.3. The fraction of sp³-hybridized carbons (Fsp3) is 0.542. The van der Waals surface area contributed by atoms with Crippen LogP contribution in [0.3, 0.4) is 0 Å². The molecule has 1 N–H and O–H groups in total. The van der Waals surface area contributed by atoms with Gasteiger partial charge in [-0.25, -0.2) is 0 Å². The van der Waals surface area contributed by atoms with Crippen LogP contribution in [-0.2, 0) is 11.2 Å². The molecule has 2 fully saturated rings. The van der Waals surface area contributed by atoms with Gasteiger partial charge in [-0.05, 0) is 30.7 Å². The van der Waals surface area contributed by atoms with Crippen LogP contribution in [0.2, 0.25) is 0 Å². The number of halogens is 1. The van der Waals surface area contributed by atoms with E-state index in [2.05, 4.69) is 50.3 Å². The molecule has 8 heteroatoms. The smallest absolute Gasteiger partial charge is 0.194 e. The average molecular weight is 553 g/mol. The Kier molecular flexibility index (Phi) is 10.6. The van der Waals surface area contributed by atoms with Gasteiger partial charge in [0.2, 0.25) is 0 Å². The first-order valence-corrected chi connectivity index (χ1v) is 11.5. The van der Waals surface area contributed by atoms with Crippen molar-refractivity contribution in [3.05, 3.63) is 54.5 Å². The van der Waals surface area contributed by atoms with Crippen molar-refractivity contribution in [3.63, 3.8) is 0 Å². The van der Waals surface area contributed by atoms with E-state index < -0.39 is 0 Å². The summed E-state index contributed by atoms with van der Waals surface area (Å²) in [6, 6.07) is 14.6. The Morgan fingerprint density at radius 3 is 2.44 bits per heavy atom. The Morgan fingerprint density at radius 2 is 1.72 bits per heavy atom. The minimum absolute atomic E-state index is 0. The summed E-state index contributed by atoms with van der Waals surface area (Å²) < 4.78 is 10.9. The van der Waals surface area contributed by atoms with E-state index in [1.807, 2.05) is 12.1 Å². The van der Waals surface area contributed by atoms with Gasteiger partial charge >= 0.3 is 0 Å². The van der Waals surface area contributed by atoms with Crippen molar-refractivity contribution in [3.8, 4) is 0 Å². The topological polar surface area (TPSA) is 56.5 Å². The quantitative estimate of drug-likeness (QED) is 0.235. The Bertz CT molecular complexity index is 773. The van der Waals surface area contributed by atoms with Crippen molar-refractivity contribution in [2.24, 2.45) is 4.99 Å². The summed E-state index contributed by atoms with van der Waals surface area (Å²) in [7, 11) is 0. The zero-order chi connectivity index (χ0) is 21.1. The van der Waals surface area contributed by atoms with Crippen LogP contribution in [0.5, 0.6) is 0 Å². The lowest BCUT2D eigenvalue weighted by atomic mass is 10.2. The van der Waals surface area contributed by atoms with E-state index in [1.165, 1.54) is 5.69 Å². The molecule has 0 saturated carbocycles. The average Bonchev–Trinajstić information content (AvgIpc) is 3.36. The molecule has 2 saturated heterocycles. The first-order valence-electron chi connectivity index (χ1n) is 11.5. The number of para-hydroxylation sites is 1. The molecule has 0 unspecified atom stereocenters. The van der Waals surface area contributed by atoms with Crippen LogP contribution < -0.4 is 10.2 Å². The van der Waals surface area contributed by atoms with Gasteiger partial charge in [0.15, 0.2) is 5.96 Å². The van der Waals surface area contributed by atoms with Gasteiger partial charge in [0, 0.05) is 71.0 Å². The predicted octanol–water partition coefficient (Wildman–Crippen LogP) is 2.93. The number of morpholine rings is 1. The number of anilines is 1. The van der Waals surface area contributed by atoms with Crippen molar-refractivity contribution in [2.45, 2.75) is 12.8 Å². The molecule has 2 aliphatic heterocycles. The number of guanidine groups is 1. The number of nitrogens with one attached hydrogen (secondary N) is 1. The molecule has 0 aliphatic carbocycles. The monoisotopic (exact) mass is 553 g/mol. The van der Waals surface area contributed by atoms with Crippen LogP contribution in [0, 0.1) is 0 Å².